The largest absolute Gasteiger partial charge is 0.496 e. The highest BCUT2D eigenvalue weighted by Crippen LogP contribution is 2.26. The third-order valence-corrected chi connectivity index (χ3v) is 6.80. The molecular formula is C30H42FN3O4. The van der Waals surface area contributed by atoms with Crippen LogP contribution in [0.3, 0.4) is 0 Å². The van der Waals surface area contributed by atoms with Crippen molar-refractivity contribution >= 4 is 17.5 Å². The molecule has 1 aliphatic rings. The molecule has 0 saturated heterocycles. The Balaban J connectivity index is 1.90. The number of hydrogen-bond acceptors (Lipinski definition) is 5. The van der Waals surface area contributed by atoms with Gasteiger partial charge in [-0.2, -0.15) is 0 Å². The molecule has 2 aromatic rings. The topological polar surface area (TPSA) is 62.3 Å². The molecule has 1 heterocycles. The number of carbonyl (C=O) groups is 2. The number of hydrogen-bond donors (Lipinski definition) is 0. The normalized spacial score (nSPS) is 15.5. The third-order valence-electron chi connectivity index (χ3n) is 6.80. The van der Waals surface area contributed by atoms with Gasteiger partial charge >= 0.3 is 0 Å². The van der Waals surface area contributed by atoms with Crippen molar-refractivity contribution in [1.82, 2.24) is 9.80 Å². The number of carbonyl (C=O) groups excluding carboxylic acids is 2. The van der Waals surface area contributed by atoms with Gasteiger partial charge in [0.2, 0.25) is 5.91 Å². The summed E-state index contributed by atoms with van der Waals surface area (Å²) < 4.78 is 25.0. The van der Waals surface area contributed by atoms with Gasteiger partial charge in [-0.05, 0) is 73.7 Å². The zero-order valence-corrected chi connectivity index (χ0v) is 23.2. The molecule has 1 aliphatic heterocycles. The summed E-state index contributed by atoms with van der Waals surface area (Å²) in [5.41, 5.74) is 2.23. The van der Waals surface area contributed by atoms with Crippen molar-refractivity contribution in [2.75, 3.05) is 58.5 Å². The molecule has 8 heteroatoms. The molecule has 7 nitrogen and oxygen atoms in total. The van der Waals surface area contributed by atoms with E-state index >= 15 is 0 Å². The number of fused-ring (bicyclic) bond motifs is 1. The Morgan fingerprint density at radius 2 is 1.71 bits per heavy atom. The number of benzene rings is 2. The Labute approximate surface area is 226 Å². The van der Waals surface area contributed by atoms with Crippen LogP contribution in [0.5, 0.6) is 5.75 Å². The Bertz CT molecular complexity index is 1060. The number of amides is 2. The smallest absolute Gasteiger partial charge is 0.252 e. The summed E-state index contributed by atoms with van der Waals surface area (Å²) in [6, 6.07) is 12.2. The van der Waals surface area contributed by atoms with E-state index in [0.29, 0.717) is 43.1 Å². The molecule has 0 saturated carbocycles. The van der Waals surface area contributed by atoms with Gasteiger partial charge in [0.15, 0.2) is 0 Å². The molecule has 38 heavy (non-hydrogen) atoms. The molecule has 3 rings (SSSR count). The van der Waals surface area contributed by atoms with Crippen LogP contribution in [0, 0.1) is 11.7 Å². The van der Waals surface area contributed by atoms with Gasteiger partial charge < -0.3 is 24.2 Å². The third kappa shape index (κ3) is 8.53. The fourth-order valence-electron chi connectivity index (χ4n) is 5.08. The van der Waals surface area contributed by atoms with E-state index in [0.717, 1.165) is 43.8 Å². The minimum absolute atomic E-state index is 0.00615. The maximum Gasteiger partial charge on any atom is 0.252 e. The summed E-state index contributed by atoms with van der Waals surface area (Å²) in [7, 11) is 3.12. The van der Waals surface area contributed by atoms with E-state index in [9.17, 15) is 14.0 Å². The van der Waals surface area contributed by atoms with Gasteiger partial charge in [0, 0.05) is 45.4 Å². The van der Waals surface area contributed by atoms with Crippen LogP contribution >= 0.6 is 0 Å². The van der Waals surface area contributed by atoms with Crippen molar-refractivity contribution in [3.05, 3.63) is 59.4 Å². The van der Waals surface area contributed by atoms with Crippen molar-refractivity contribution in [2.45, 2.75) is 46.1 Å². The summed E-state index contributed by atoms with van der Waals surface area (Å²) in [5.74, 6) is 0.698. The van der Waals surface area contributed by atoms with Gasteiger partial charge in [-0.25, -0.2) is 4.39 Å². The van der Waals surface area contributed by atoms with Gasteiger partial charge in [0.25, 0.3) is 5.91 Å². The molecule has 0 bridgehead atoms. The number of rotatable bonds is 8. The van der Waals surface area contributed by atoms with E-state index in [1.807, 2.05) is 29.2 Å². The van der Waals surface area contributed by atoms with Crippen LogP contribution in [0.2, 0.25) is 0 Å². The number of ether oxygens (including phenoxy) is 2. The predicted octanol–water partition coefficient (Wildman–Crippen LogP) is 4.53. The first-order valence-corrected chi connectivity index (χ1v) is 13.5. The number of anilines is 1. The molecule has 0 fully saturated rings. The zero-order valence-electron chi connectivity index (χ0n) is 23.2. The lowest BCUT2D eigenvalue weighted by Crippen LogP contribution is -2.40. The van der Waals surface area contributed by atoms with E-state index in [1.165, 1.54) is 19.2 Å². The van der Waals surface area contributed by atoms with Gasteiger partial charge in [-0.15, -0.1) is 0 Å². The van der Waals surface area contributed by atoms with Crippen molar-refractivity contribution in [1.29, 1.82) is 0 Å². The fraction of sp³-hybridized carbons (Fsp3) is 0.533. The minimum atomic E-state index is -0.389. The monoisotopic (exact) mass is 527 g/mol. The number of nitrogens with zero attached hydrogens (tertiary/aromatic N) is 3. The molecule has 0 N–H and O–H groups in total. The van der Waals surface area contributed by atoms with Gasteiger partial charge in [0.1, 0.15) is 18.2 Å². The van der Waals surface area contributed by atoms with Gasteiger partial charge in [0.05, 0.1) is 7.11 Å². The Morgan fingerprint density at radius 3 is 2.42 bits per heavy atom. The van der Waals surface area contributed by atoms with Crippen LogP contribution < -0.4 is 9.64 Å². The number of aryl methyl sites for hydroxylation is 1. The average molecular weight is 528 g/mol. The second kappa shape index (κ2) is 14.8. The lowest BCUT2D eigenvalue weighted by atomic mass is 10.1. The predicted molar refractivity (Wildman–Crippen MR) is 148 cm³/mol. The van der Waals surface area contributed by atoms with E-state index in [1.54, 1.807) is 18.1 Å². The average Bonchev–Trinajstić information content (AvgIpc) is 2.88. The molecule has 2 amide bonds. The van der Waals surface area contributed by atoms with E-state index in [-0.39, 0.29) is 30.8 Å². The second-order valence-corrected chi connectivity index (χ2v) is 10.3. The highest BCUT2D eigenvalue weighted by Gasteiger charge is 2.24. The number of methoxy groups -OCH3 is 2. The highest BCUT2D eigenvalue weighted by molar-refractivity contribution is 5.95. The summed E-state index contributed by atoms with van der Waals surface area (Å²) >= 11 is 0. The molecule has 0 aliphatic carbocycles. The van der Waals surface area contributed by atoms with Crippen LogP contribution in [0.1, 0.15) is 44.2 Å². The quantitative estimate of drug-likeness (QED) is 0.505. The first kappa shape index (κ1) is 29.6. The molecule has 0 atom stereocenters. The second-order valence-electron chi connectivity index (χ2n) is 10.3. The van der Waals surface area contributed by atoms with Crippen LogP contribution in [0.4, 0.5) is 10.1 Å². The first-order valence-electron chi connectivity index (χ1n) is 13.5. The van der Waals surface area contributed by atoms with Gasteiger partial charge in [-0.3, -0.25) is 9.59 Å². The van der Waals surface area contributed by atoms with Crippen molar-refractivity contribution < 1.29 is 23.5 Å². The molecule has 0 aromatic heterocycles. The van der Waals surface area contributed by atoms with Crippen molar-refractivity contribution in [2.24, 2.45) is 5.92 Å². The van der Waals surface area contributed by atoms with Crippen LogP contribution in [-0.4, -0.2) is 75.2 Å². The van der Waals surface area contributed by atoms with E-state index in [4.69, 9.17) is 9.47 Å². The SMILES string of the molecule is COCC(=O)N1CCCN(CC(C)C)CCCN(C(=O)CCc2ccccc2OC)Cc2cc(F)ccc21. The van der Waals surface area contributed by atoms with Crippen LogP contribution in [-0.2, 0) is 27.3 Å². The summed E-state index contributed by atoms with van der Waals surface area (Å²) in [5, 5.41) is 0. The van der Waals surface area contributed by atoms with Crippen LogP contribution in [0.25, 0.3) is 0 Å². The molecule has 0 radical (unpaired) electrons. The number of para-hydroxylation sites is 1. The van der Waals surface area contributed by atoms with E-state index < -0.39 is 0 Å². The molecule has 0 spiro atoms. The van der Waals surface area contributed by atoms with Crippen molar-refractivity contribution in [3.63, 3.8) is 0 Å². The maximum atomic E-state index is 14.4. The standard InChI is InChI=1S/C30H42FN3O4/c1-23(2)20-32-15-7-17-33(29(35)14-11-24-9-5-6-10-28(24)38-4)21-25-19-26(31)12-13-27(25)34(18-8-16-32)30(36)22-37-3/h5-6,9-10,12-13,19,23H,7-8,11,14-18,20-22H2,1-4H3. The van der Waals surface area contributed by atoms with Crippen molar-refractivity contribution in [3.8, 4) is 5.75 Å². The molecular weight excluding hydrogens is 485 g/mol. The number of halogens is 1. The summed E-state index contributed by atoms with van der Waals surface area (Å²) in [4.78, 5) is 32.5. The molecule has 2 aromatic carbocycles. The lowest BCUT2D eigenvalue weighted by Gasteiger charge is -2.32. The maximum absolute atomic E-state index is 14.4. The fourth-order valence-corrected chi connectivity index (χ4v) is 5.08. The van der Waals surface area contributed by atoms with E-state index in [2.05, 4.69) is 18.7 Å². The lowest BCUT2D eigenvalue weighted by molar-refractivity contribution is -0.131. The first-order chi connectivity index (χ1) is 18.3. The zero-order chi connectivity index (χ0) is 27.5. The summed E-state index contributed by atoms with van der Waals surface area (Å²) in [6.45, 7) is 8.27. The summed E-state index contributed by atoms with van der Waals surface area (Å²) in [6.07, 6.45) is 2.48. The van der Waals surface area contributed by atoms with Crippen LogP contribution in [0.15, 0.2) is 42.5 Å². The van der Waals surface area contributed by atoms with Gasteiger partial charge in [-0.1, -0.05) is 32.0 Å². The molecule has 208 valence electrons. The Morgan fingerprint density at radius 1 is 0.974 bits per heavy atom. The Kier molecular flexibility index (Phi) is 11.5. The molecule has 0 unspecified atom stereocenters. The Hall–Kier alpha value is -2.97. The highest BCUT2D eigenvalue weighted by atomic mass is 19.1. The minimum Gasteiger partial charge on any atom is -0.496 e.